The summed E-state index contributed by atoms with van der Waals surface area (Å²) in [6, 6.07) is 0. The van der Waals surface area contributed by atoms with E-state index in [4.69, 9.17) is 9.47 Å². The molecule has 0 fully saturated rings. The van der Waals surface area contributed by atoms with Crippen molar-refractivity contribution >= 4 is 0 Å². The number of rotatable bonds is 3. The Hall–Kier alpha value is -0.660. The van der Waals surface area contributed by atoms with Gasteiger partial charge >= 0.3 is 0 Å². The zero-order chi connectivity index (χ0) is 7.45. The average molecular weight is 142 g/mol. The highest BCUT2D eigenvalue weighted by Gasteiger charge is 2.27. The molecule has 1 rings (SSSR count). The van der Waals surface area contributed by atoms with Gasteiger partial charge in [0.05, 0.1) is 0 Å². The fourth-order valence-corrected chi connectivity index (χ4v) is 0.987. The standard InChI is InChI=1S/C8H14O2/c1-3-4-5-8(2)9-6-7-10-8/h6-7H,3-5H2,1-2H3. The van der Waals surface area contributed by atoms with E-state index in [0.29, 0.717) is 0 Å². The van der Waals surface area contributed by atoms with Gasteiger partial charge in [0.25, 0.3) is 0 Å². The lowest BCUT2D eigenvalue weighted by Crippen LogP contribution is -2.24. The van der Waals surface area contributed by atoms with Crippen molar-refractivity contribution in [3.63, 3.8) is 0 Å². The van der Waals surface area contributed by atoms with Gasteiger partial charge in [0, 0.05) is 13.3 Å². The first-order chi connectivity index (χ1) is 4.77. The number of unbranched alkanes of at least 4 members (excludes halogenated alkanes) is 1. The summed E-state index contributed by atoms with van der Waals surface area (Å²) in [5.74, 6) is -0.365. The van der Waals surface area contributed by atoms with Crippen molar-refractivity contribution in [3.8, 4) is 0 Å². The molecule has 0 spiro atoms. The van der Waals surface area contributed by atoms with Gasteiger partial charge in [-0.2, -0.15) is 0 Å². The van der Waals surface area contributed by atoms with Crippen molar-refractivity contribution in [1.82, 2.24) is 0 Å². The molecule has 0 radical (unpaired) electrons. The van der Waals surface area contributed by atoms with Crippen LogP contribution in [0.4, 0.5) is 0 Å². The zero-order valence-electron chi connectivity index (χ0n) is 6.59. The van der Waals surface area contributed by atoms with Gasteiger partial charge in [-0.1, -0.05) is 13.3 Å². The normalized spacial score (nSPS) is 20.2. The first-order valence-corrected chi connectivity index (χ1v) is 3.77. The molecule has 0 aliphatic carbocycles. The molecule has 0 saturated heterocycles. The summed E-state index contributed by atoms with van der Waals surface area (Å²) in [4.78, 5) is 0. The number of hydrogen-bond acceptors (Lipinski definition) is 2. The molecule has 0 amide bonds. The van der Waals surface area contributed by atoms with E-state index in [1.54, 1.807) is 12.5 Å². The van der Waals surface area contributed by atoms with Crippen LogP contribution >= 0.6 is 0 Å². The van der Waals surface area contributed by atoms with Crippen molar-refractivity contribution in [1.29, 1.82) is 0 Å². The number of hydrogen-bond donors (Lipinski definition) is 0. The maximum Gasteiger partial charge on any atom is 0.247 e. The first kappa shape index (κ1) is 7.45. The molecule has 0 bridgehead atoms. The smallest absolute Gasteiger partial charge is 0.247 e. The maximum atomic E-state index is 5.24. The molecule has 1 aliphatic heterocycles. The van der Waals surface area contributed by atoms with Gasteiger partial charge in [-0.15, -0.1) is 0 Å². The number of ether oxygens (including phenoxy) is 2. The van der Waals surface area contributed by atoms with Crippen LogP contribution in [0.25, 0.3) is 0 Å². The van der Waals surface area contributed by atoms with Crippen molar-refractivity contribution in [2.24, 2.45) is 0 Å². The van der Waals surface area contributed by atoms with Crippen LogP contribution in [0.15, 0.2) is 12.5 Å². The Morgan fingerprint density at radius 3 is 2.40 bits per heavy atom. The van der Waals surface area contributed by atoms with Gasteiger partial charge in [0.2, 0.25) is 5.79 Å². The Morgan fingerprint density at radius 1 is 1.30 bits per heavy atom. The van der Waals surface area contributed by atoms with E-state index in [1.165, 1.54) is 6.42 Å². The van der Waals surface area contributed by atoms with Gasteiger partial charge < -0.3 is 9.47 Å². The molecule has 0 unspecified atom stereocenters. The van der Waals surface area contributed by atoms with E-state index in [1.807, 2.05) is 6.92 Å². The summed E-state index contributed by atoms with van der Waals surface area (Å²) in [5, 5.41) is 0. The van der Waals surface area contributed by atoms with Crippen LogP contribution in [0.1, 0.15) is 33.1 Å². The SMILES string of the molecule is CCCCC1(C)OC=CO1. The molecular weight excluding hydrogens is 128 g/mol. The molecule has 0 N–H and O–H groups in total. The molecule has 0 saturated carbocycles. The third-order valence-corrected chi connectivity index (χ3v) is 1.67. The van der Waals surface area contributed by atoms with E-state index >= 15 is 0 Å². The van der Waals surface area contributed by atoms with Crippen molar-refractivity contribution < 1.29 is 9.47 Å². The van der Waals surface area contributed by atoms with Gasteiger partial charge in [-0.3, -0.25) is 0 Å². The minimum absolute atomic E-state index is 0.365. The van der Waals surface area contributed by atoms with Crippen molar-refractivity contribution in [2.45, 2.75) is 38.9 Å². The molecule has 1 aliphatic rings. The monoisotopic (exact) mass is 142 g/mol. The van der Waals surface area contributed by atoms with Gasteiger partial charge in [-0.05, 0) is 6.42 Å². The highest BCUT2D eigenvalue weighted by molar-refractivity contribution is 4.79. The van der Waals surface area contributed by atoms with Crippen LogP contribution < -0.4 is 0 Å². The Labute approximate surface area is 61.8 Å². The van der Waals surface area contributed by atoms with Gasteiger partial charge in [-0.25, -0.2) is 0 Å². The Morgan fingerprint density at radius 2 is 1.90 bits per heavy atom. The topological polar surface area (TPSA) is 18.5 Å². The quantitative estimate of drug-likeness (QED) is 0.602. The summed E-state index contributed by atoms with van der Waals surface area (Å²) >= 11 is 0. The summed E-state index contributed by atoms with van der Waals surface area (Å²) in [6.07, 6.45) is 6.52. The summed E-state index contributed by atoms with van der Waals surface area (Å²) in [7, 11) is 0. The Kier molecular flexibility index (Phi) is 2.20. The van der Waals surface area contributed by atoms with E-state index in [0.717, 1.165) is 12.8 Å². The molecule has 10 heavy (non-hydrogen) atoms. The van der Waals surface area contributed by atoms with E-state index in [9.17, 15) is 0 Å². The molecule has 0 aromatic carbocycles. The minimum atomic E-state index is -0.365. The van der Waals surface area contributed by atoms with Crippen LogP contribution in [0.3, 0.4) is 0 Å². The Balaban J connectivity index is 2.24. The average Bonchev–Trinajstić information content (AvgIpc) is 2.33. The van der Waals surface area contributed by atoms with E-state index in [-0.39, 0.29) is 5.79 Å². The summed E-state index contributed by atoms with van der Waals surface area (Å²) in [5.41, 5.74) is 0. The maximum absolute atomic E-state index is 5.24. The molecule has 2 nitrogen and oxygen atoms in total. The van der Waals surface area contributed by atoms with Crippen LogP contribution in [-0.2, 0) is 9.47 Å². The molecule has 0 aromatic heterocycles. The van der Waals surface area contributed by atoms with E-state index < -0.39 is 0 Å². The molecule has 0 aromatic rings. The van der Waals surface area contributed by atoms with Crippen LogP contribution in [0, 0.1) is 0 Å². The third-order valence-electron chi connectivity index (χ3n) is 1.67. The zero-order valence-corrected chi connectivity index (χ0v) is 6.59. The molecule has 1 heterocycles. The summed E-state index contributed by atoms with van der Waals surface area (Å²) in [6.45, 7) is 4.12. The Bertz CT molecular complexity index is 121. The molecule has 58 valence electrons. The fourth-order valence-electron chi connectivity index (χ4n) is 0.987. The predicted octanol–water partition coefficient (Wildman–Crippen LogP) is 2.41. The fraction of sp³-hybridized carbons (Fsp3) is 0.750. The van der Waals surface area contributed by atoms with Crippen LogP contribution in [-0.4, -0.2) is 5.79 Å². The highest BCUT2D eigenvalue weighted by Crippen LogP contribution is 2.25. The van der Waals surface area contributed by atoms with Gasteiger partial charge in [0.1, 0.15) is 12.5 Å². The second kappa shape index (κ2) is 2.95. The summed E-state index contributed by atoms with van der Waals surface area (Å²) < 4.78 is 10.5. The predicted molar refractivity (Wildman–Crippen MR) is 39.2 cm³/mol. The van der Waals surface area contributed by atoms with Crippen molar-refractivity contribution in [3.05, 3.63) is 12.5 Å². The molecule has 2 heteroatoms. The molecular formula is C8H14O2. The second-order valence-corrected chi connectivity index (χ2v) is 2.75. The van der Waals surface area contributed by atoms with E-state index in [2.05, 4.69) is 6.92 Å². The third kappa shape index (κ3) is 1.66. The lowest BCUT2D eigenvalue weighted by Gasteiger charge is -2.22. The second-order valence-electron chi connectivity index (χ2n) is 2.75. The van der Waals surface area contributed by atoms with Crippen LogP contribution in [0.5, 0.6) is 0 Å². The van der Waals surface area contributed by atoms with Gasteiger partial charge in [0.15, 0.2) is 0 Å². The van der Waals surface area contributed by atoms with Crippen LogP contribution in [0.2, 0.25) is 0 Å². The highest BCUT2D eigenvalue weighted by atomic mass is 16.7. The molecule has 0 atom stereocenters. The first-order valence-electron chi connectivity index (χ1n) is 3.77. The minimum Gasteiger partial charge on any atom is -0.457 e. The lowest BCUT2D eigenvalue weighted by atomic mass is 10.1. The lowest BCUT2D eigenvalue weighted by molar-refractivity contribution is -0.131. The largest absolute Gasteiger partial charge is 0.457 e. The van der Waals surface area contributed by atoms with Crippen molar-refractivity contribution in [2.75, 3.05) is 0 Å².